The number of nitro benzene ring substituents is 1. The number of halogens is 1. The molecule has 1 aromatic carbocycles. The molecule has 3 N–H and O–H groups in total. The normalized spacial score (nSPS) is 9.06. The summed E-state index contributed by atoms with van der Waals surface area (Å²) in [5.41, 5.74) is 5.56. The van der Waals surface area contributed by atoms with E-state index in [2.05, 4.69) is 5.32 Å². The van der Waals surface area contributed by atoms with E-state index in [4.69, 9.17) is 5.73 Å². The quantitative estimate of drug-likeness (QED) is 0.603. The summed E-state index contributed by atoms with van der Waals surface area (Å²) in [6.07, 6.45) is 0. The molecule has 0 aliphatic carbocycles. The summed E-state index contributed by atoms with van der Waals surface area (Å²) in [6.45, 7) is 0.745. The fourth-order valence-corrected chi connectivity index (χ4v) is 1.02. The lowest BCUT2D eigenvalue weighted by Gasteiger charge is -2.02. The van der Waals surface area contributed by atoms with E-state index in [0.29, 0.717) is 18.7 Å². The van der Waals surface area contributed by atoms with Gasteiger partial charge in [-0.25, -0.2) is 0 Å². The number of nitrogens with zero attached hydrogens (tertiary/aromatic N) is 1. The van der Waals surface area contributed by atoms with Gasteiger partial charge in [-0.3, -0.25) is 14.9 Å². The molecular weight excluding hydrogens is 234 g/mol. The summed E-state index contributed by atoms with van der Waals surface area (Å²) in [6, 6.07) is 5.39. The number of carbonyl (C=O) groups excluding carboxylic acids is 1. The summed E-state index contributed by atoms with van der Waals surface area (Å²) in [7, 11) is 0. The molecule has 0 aliphatic rings. The number of nitro groups is 1. The Labute approximate surface area is 98.4 Å². The first kappa shape index (κ1) is 14.3. The fourth-order valence-electron chi connectivity index (χ4n) is 1.02. The van der Waals surface area contributed by atoms with Gasteiger partial charge >= 0.3 is 0 Å². The molecule has 0 aromatic heterocycles. The van der Waals surface area contributed by atoms with Crippen LogP contribution in [0.5, 0.6) is 0 Å². The largest absolute Gasteiger partial charge is 0.351 e. The highest BCUT2D eigenvalue weighted by Gasteiger charge is 2.08. The Bertz CT molecular complexity index is 367. The Morgan fingerprint density at radius 2 is 1.94 bits per heavy atom. The second-order valence-corrected chi connectivity index (χ2v) is 2.85. The third-order valence-corrected chi connectivity index (χ3v) is 1.77. The summed E-state index contributed by atoms with van der Waals surface area (Å²) < 4.78 is 0. The maximum Gasteiger partial charge on any atom is 0.269 e. The Kier molecular flexibility index (Phi) is 6.06. The van der Waals surface area contributed by atoms with E-state index in [1.165, 1.54) is 24.3 Å². The number of hydrogen-bond acceptors (Lipinski definition) is 4. The molecule has 0 fully saturated rings. The van der Waals surface area contributed by atoms with Crippen LogP contribution in [0.3, 0.4) is 0 Å². The predicted molar refractivity (Wildman–Crippen MR) is 61.7 cm³/mol. The number of non-ortho nitro benzene ring substituents is 1. The monoisotopic (exact) mass is 245 g/mol. The van der Waals surface area contributed by atoms with Crippen LogP contribution >= 0.6 is 12.4 Å². The van der Waals surface area contributed by atoms with E-state index < -0.39 is 4.92 Å². The average molecular weight is 246 g/mol. The van der Waals surface area contributed by atoms with Gasteiger partial charge in [-0.2, -0.15) is 0 Å². The lowest BCUT2D eigenvalue weighted by Crippen LogP contribution is -2.28. The molecule has 88 valence electrons. The molecule has 1 rings (SSSR count). The van der Waals surface area contributed by atoms with Crippen molar-refractivity contribution in [3.63, 3.8) is 0 Å². The maximum atomic E-state index is 11.3. The third-order valence-electron chi connectivity index (χ3n) is 1.77. The summed E-state index contributed by atoms with van der Waals surface area (Å²) in [4.78, 5) is 21.2. The molecule has 16 heavy (non-hydrogen) atoms. The van der Waals surface area contributed by atoms with E-state index >= 15 is 0 Å². The molecule has 0 spiro atoms. The predicted octanol–water partition coefficient (Wildman–Crippen LogP) is 0.705. The first-order valence-electron chi connectivity index (χ1n) is 4.38. The molecule has 7 heteroatoms. The molecule has 1 aromatic rings. The molecule has 0 aliphatic heterocycles. The molecule has 0 unspecified atom stereocenters. The average Bonchev–Trinajstić information content (AvgIpc) is 2.26. The second kappa shape index (κ2) is 6.76. The minimum Gasteiger partial charge on any atom is -0.351 e. The first-order valence-corrected chi connectivity index (χ1v) is 4.38. The van der Waals surface area contributed by atoms with Gasteiger partial charge in [0.1, 0.15) is 0 Å². The van der Waals surface area contributed by atoms with Crippen LogP contribution in [0.15, 0.2) is 24.3 Å². The van der Waals surface area contributed by atoms with Crippen molar-refractivity contribution in [2.75, 3.05) is 13.1 Å². The molecule has 1 amide bonds. The lowest BCUT2D eigenvalue weighted by molar-refractivity contribution is -0.384. The van der Waals surface area contributed by atoms with Crippen LogP contribution < -0.4 is 11.1 Å². The van der Waals surface area contributed by atoms with Crippen molar-refractivity contribution in [1.29, 1.82) is 0 Å². The molecule has 0 saturated carbocycles. The number of rotatable bonds is 4. The van der Waals surface area contributed by atoms with Crippen LogP contribution in [0.1, 0.15) is 10.4 Å². The topological polar surface area (TPSA) is 98.3 Å². The molecule has 0 radical (unpaired) electrons. The van der Waals surface area contributed by atoms with Crippen LogP contribution in [0.25, 0.3) is 0 Å². The van der Waals surface area contributed by atoms with Crippen LogP contribution in [0, 0.1) is 10.1 Å². The van der Waals surface area contributed by atoms with Crippen molar-refractivity contribution in [3.05, 3.63) is 39.9 Å². The zero-order valence-electron chi connectivity index (χ0n) is 8.38. The smallest absolute Gasteiger partial charge is 0.269 e. The van der Waals surface area contributed by atoms with E-state index in [0.717, 1.165) is 0 Å². The summed E-state index contributed by atoms with van der Waals surface area (Å²) in [5.74, 6) is -0.282. The van der Waals surface area contributed by atoms with Gasteiger partial charge in [0.15, 0.2) is 0 Å². The number of amides is 1. The van der Waals surface area contributed by atoms with Crippen LogP contribution in [-0.2, 0) is 0 Å². The van der Waals surface area contributed by atoms with Crippen molar-refractivity contribution >= 4 is 24.0 Å². The van der Waals surface area contributed by atoms with E-state index in [1.807, 2.05) is 0 Å². The molecule has 0 bridgehead atoms. The Morgan fingerprint density at radius 1 is 1.38 bits per heavy atom. The molecule has 6 nitrogen and oxygen atoms in total. The minimum absolute atomic E-state index is 0. The third kappa shape index (κ3) is 3.84. The number of nitrogens with one attached hydrogen (secondary N) is 1. The van der Waals surface area contributed by atoms with Crippen LogP contribution in [0.4, 0.5) is 5.69 Å². The molecule has 0 saturated heterocycles. The Hall–Kier alpha value is -1.66. The van der Waals surface area contributed by atoms with Crippen molar-refractivity contribution in [1.82, 2.24) is 5.32 Å². The van der Waals surface area contributed by atoms with Crippen molar-refractivity contribution in [2.24, 2.45) is 5.73 Å². The SMILES string of the molecule is Cl.NCCNC(=O)c1ccc([N+](=O)[O-])cc1. The highest BCUT2D eigenvalue weighted by atomic mass is 35.5. The zero-order chi connectivity index (χ0) is 11.3. The van der Waals surface area contributed by atoms with Gasteiger partial charge in [-0.15, -0.1) is 12.4 Å². The number of benzene rings is 1. The highest BCUT2D eigenvalue weighted by molar-refractivity contribution is 5.94. The van der Waals surface area contributed by atoms with Crippen molar-refractivity contribution in [3.8, 4) is 0 Å². The Balaban J connectivity index is 0.00000225. The summed E-state index contributed by atoms with van der Waals surface area (Å²) >= 11 is 0. The Morgan fingerprint density at radius 3 is 2.38 bits per heavy atom. The number of carbonyl (C=O) groups is 1. The fraction of sp³-hybridized carbons (Fsp3) is 0.222. The van der Waals surface area contributed by atoms with Gasteiger partial charge < -0.3 is 11.1 Å². The van der Waals surface area contributed by atoms with Gasteiger partial charge in [0.05, 0.1) is 4.92 Å². The van der Waals surface area contributed by atoms with Gasteiger partial charge in [-0.05, 0) is 12.1 Å². The number of nitrogens with two attached hydrogens (primary N) is 1. The van der Waals surface area contributed by atoms with Gasteiger partial charge in [0.2, 0.25) is 0 Å². The standard InChI is InChI=1S/C9H11N3O3.ClH/c10-5-6-11-9(13)7-1-3-8(4-2-7)12(14)15;/h1-4H,5-6,10H2,(H,11,13);1H. The van der Waals surface area contributed by atoms with E-state index in [-0.39, 0.29) is 24.0 Å². The van der Waals surface area contributed by atoms with Crippen molar-refractivity contribution < 1.29 is 9.72 Å². The second-order valence-electron chi connectivity index (χ2n) is 2.85. The molecule has 0 heterocycles. The lowest BCUT2D eigenvalue weighted by atomic mass is 10.2. The highest BCUT2D eigenvalue weighted by Crippen LogP contribution is 2.11. The maximum absolute atomic E-state index is 11.3. The van der Waals surface area contributed by atoms with Crippen LogP contribution in [0.2, 0.25) is 0 Å². The van der Waals surface area contributed by atoms with Crippen LogP contribution in [-0.4, -0.2) is 23.9 Å². The summed E-state index contributed by atoms with van der Waals surface area (Å²) in [5, 5.41) is 12.9. The van der Waals surface area contributed by atoms with Gasteiger partial charge in [0.25, 0.3) is 11.6 Å². The van der Waals surface area contributed by atoms with E-state index in [9.17, 15) is 14.9 Å². The minimum atomic E-state index is -0.512. The van der Waals surface area contributed by atoms with E-state index in [1.54, 1.807) is 0 Å². The number of hydrogen-bond donors (Lipinski definition) is 2. The molecule has 0 atom stereocenters. The van der Waals surface area contributed by atoms with Gasteiger partial charge in [-0.1, -0.05) is 0 Å². The van der Waals surface area contributed by atoms with Crippen molar-refractivity contribution in [2.45, 2.75) is 0 Å². The molecular formula is C9H12ClN3O3. The zero-order valence-corrected chi connectivity index (χ0v) is 9.20. The first-order chi connectivity index (χ1) is 7.15. The van der Waals surface area contributed by atoms with Gasteiger partial charge in [0, 0.05) is 30.8 Å².